The number of hydrogen-bond acceptors (Lipinski definition) is 4. The highest BCUT2D eigenvalue weighted by molar-refractivity contribution is 6.37. The van der Waals surface area contributed by atoms with Crippen LogP contribution in [0.3, 0.4) is 0 Å². The minimum atomic E-state index is 0.443. The zero-order valence-electron chi connectivity index (χ0n) is 6.38. The second kappa shape index (κ2) is 4.12. The van der Waals surface area contributed by atoms with Gasteiger partial charge in [-0.3, -0.25) is 0 Å². The molecule has 0 aliphatic rings. The number of hydrazone groups is 1. The van der Waals surface area contributed by atoms with Crippen molar-refractivity contribution >= 4 is 11.9 Å². The molecule has 62 valence electrons. The summed E-state index contributed by atoms with van der Waals surface area (Å²) in [5.41, 5.74) is 1.26. The Balaban J connectivity index is 2.97. The van der Waals surface area contributed by atoms with Gasteiger partial charge in [-0.2, -0.15) is 5.10 Å². The van der Waals surface area contributed by atoms with Crippen LogP contribution in [0.4, 0.5) is 0 Å². The normalized spacial score (nSPS) is 12.2. The molecule has 0 aliphatic carbocycles. The van der Waals surface area contributed by atoms with E-state index in [-0.39, 0.29) is 0 Å². The number of benzene rings is 1. The molecular weight excluding hydrogens is 154 g/mol. The molecule has 12 heavy (non-hydrogen) atoms. The average molecular weight is 163 g/mol. The summed E-state index contributed by atoms with van der Waals surface area (Å²) in [6.07, 6.45) is 1.19. The minimum Gasteiger partial charge on any atom is -0.411 e. The molecule has 4 heteroatoms. The molecular formula is C8H9N3O. The van der Waals surface area contributed by atoms with Crippen molar-refractivity contribution in [3.05, 3.63) is 35.9 Å². The van der Waals surface area contributed by atoms with E-state index in [4.69, 9.17) is 11.0 Å². The summed E-state index contributed by atoms with van der Waals surface area (Å²) in [5.74, 6) is 5.08. The Hall–Kier alpha value is -1.84. The van der Waals surface area contributed by atoms with E-state index in [1.54, 1.807) is 0 Å². The Morgan fingerprint density at radius 3 is 2.50 bits per heavy atom. The van der Waals surface area contributed by atoms with Crippen molar-refractivity contribution in [2.24, 2.45) is 16.1 Å². The van der Waals surface area contributed by atoms with Gasteiger partial charge in [0.2, 0.25) is 0 Å². The zero-order valence-corrected chi connectivity index (χ0v) is 6.38. The first-order chi connectivity index (χ1) is 5.88. The van der Waals surface area contributed by atoms with Gasteiger partial charge in [0.25, 0.3) is 0 Å². The third kappa shape index (κ3) is 1.82. The van der Waals surface area contributed by atoms with Gasteiger partial charge in [0.1, 0.15) is 5.71 Å². The monoisotopic (exact) mass is 163 g/mol. The average Bonchev–Trinajstić information content (AvgIpc) is 2.15. The van der Waals surface area contributed by atoms with Gasteiger partial charge in [0, 0.05) is 5.56 Å². The van der Waals surface area contributed by atoms with Gasteiger partial charge in [-0.1, -0.05) is 35.5 Å². The minimum absolute atomic E-state index is 0.443. The SMILES string of the molecule is N/N=C(/C=N/O)c1ccccc1. The Morgan fingerprint density at radius 2 is 2.00 bits per heavy atom. The lowest BCUT2D eigenvalue weighted by Gasteiger charge is -1.96. The maximum Gasteiger partial charge on any atom is 0.111 e. The fourth-order valence-corrected chi connectivity index (χ4v) is 0.846. The van der Waals surface area contributed by atoms with Gasteiger partial charge in [-0.05, 0) is 0 Å². The summed E-state index contributed by atoms with van der Waals surface area (Å²) in [6, 6.07) is 9.24. The number of rotatable bonds is 2. The Labute approximate surface area is 70.0 Å². The largest absolute Gasteiger partial charge is 0.411 e. The van der Waals surface area contributed by atoms with E-state index in [1.807, 2.05) is 30.3 Å². The van der Waals surface area contributed by atoms with Crippen molar-refractivity contribution in [3.63, 3.8) is 0 Å². The predicted octanol–water partition coefficient (Wildman–Crippen LogP) is 0.809. The standard InChI is InChI=1S/C8H9N3O/c9-11-8(6-10-12)7-4-2-1-3-5-7/h1-6,12H,9H2/b10-6+,11-8-. The van der Waals surface area contributed by atoms with E-state index in [2.05, 4.69) is 10.3 Å². The smallest absolute Gasteiger partial charge is 0.111 e. The number of oxime groups is 1. The lowest BCUT2D eigenvalue weighted by Crippen LogP contribution is -2.05. The van der Waals surface area contributed by atoms with E-state index < -0.39 is 0 Å². The van der Waals surface area contributed by atoms with Gasteiger partial charge in [0.15, 0.2) is 0 Å². The molecule has 0 spiro atoms. The molecule has 0 atom stereocenters. The molecule has 0 fully saturated rings. The molecule has 0 aliphatic heterocycles. The van der Waals surface area contributed by atoms with E-state index >= 15 is 0 Å². The first-order valence-electron chi connectivity index (χ1n) is 3.39. The van der Waals surface area contributed by atoms with Crippen molar-refractivity contribution in [2.75, 3.05) is 0 Å². The molecule has 4 nitrogen and oxygen atoms in total. The number of nitrogens with two attached hydrogens (primary N) is 1. The number of hydrogen-bond donors (Lipinski definition) is 2. The lowest BCUT2D eigenvalue weighted by atomic mass is 10.1. The molecule has 3 N–H and O–H groups in total. The second-order valence-corrected chi connectivity index (χ2v) is 2.12. The van der Waals surface area contributed by atoms with E-state index in [0.29, 0.717) is 5.71 Å². The van der Waals surface area contributed by atoms with Gasteiger partial charge in [0.05, 0.1) is 6.21 Å². The van der Waals surface area contributed by atoms with Crippen molar-refractivity contribution in [1.82, 2.24) is 0 Å². The van der Waals surface area contributed by atoms with Crippen LogP contribution in [0.15, 0.2) is 40.6 Å². The quantitative estimate of drug-likeness (QED) is 0.293. The zero-order chi connectivity index (χ0) is 8.81. The Kier molecular flexibility index (Phi) is 2.84. The molecule has 0 amide bonds. The summed E-state index contributed by atoms with van der Waals surface area (Å²) in [6.45, 7) is 0. The molecule has 0 saturated carbocycles. The van der Waals surface area contributed by atoms with Gasteiger partial charge in [-0.25, -0.2) is 0 Å². The summed E-state index contributed by atoms with van der Waals surface area (Å²) in [7, 11) is 0. The molecule has 1 aromatic carbocycles. The molecule has 0 unspecified atom stereocenters. The Bertz CT molecular complexity index is 292. The van der Waals surface area contributed by atoms with Crippen LogP contribution in [-0.2, 0) is 0 Å². The molecule has 1 aromatic rings. The highest BCUT2D eigenvalue weighted by Crippen LogP contribution is 1.98. The van der Waals surface area contributed by atoms with Gasteiger partial charge < -0.3 is 11.0 Å². The maximum atomic E-state index is 8.26. The molecule has 0 aromatic heterocycles. The van der Waals surface area contributed by atoms with Crippen LogP contribution in [-0.4, -0.2) is 17.1 Å². The topological polar surface area (TPSA) is 71.0 Å². The Morgan fingerprint density at radius 1 is 1.33 bits per heavy atom. The van der Waals surface area contributed by atoms with Crippen molar-refractivity contribution in [1.29, 1.82) is 0 Å². The van der Waals surface area contributed by atoms with Gasteiger partial charge in [-0.15, -0.1) is 0 Å². The maximum absolute atomic E-state index is 8.26. The fourth-order valence-electron chi connectivity index (χ4n) is 0.846. The highest BCUT2D eigenvalue weighted by atomic mass is 16.4. The van der Waals surface area contributed by atoms with Crippen molar-refractivity contribution in [2.45, 2.75) is 0 Å². The molecule has 0 heterocycles. The fraction of sp³-hybridized carbons (Fsp3) is 0. The highest BCUT2D eigenvalue weighted by Gasteiger charge is 1.97. The first-order valence-corrected chi connectivity index (χ1v) is 3.39. The van der Waals surface area contributed by atoms with Crippen molar-refractivity contribution in [3.8, 4) is 0 Å². The summed E-state index contributed by atoms with van der Waals surface area (Å²) in [5, 5.41) is 14.6. The van der Waals surface area contributed by atoms with E-state index in [9.17, 15) is 0 Å². The van der Waals surface area contributed by atoms with Crippen LogP contribution in [0.2, 0.25) is 0 Å². The first kappa shape index (κ1) is 8.26. The molecule has 0 saturated heterocycles. The van der Waals surface area contributed by atoms with Crippen LogP contribution in [0.1, 0.15) is 5.56 Å². The van der Waals surface area contributed by atoms with Crippen LogP contribution in [0.25, 0.3) is 0 Å². The van der Waals surface area contributed by atoms with Crippen LogP contribution in [0, 0.1) is 0 Å². The molecule has 0 bridgehead atoms. The van der Waals surface area contributed by atoms with E-state index in [1.165, 1.54) is 6.21 Å². The van der Waals surface area contributed by atoms with Crippen molar-refractivity contribution < 1.29 is 5.21 Å². The lowest BCUT2D eigenvalue weighted by molar-refractivity contribution is 0.322. The van der Waals surface area contributed by atoms with E-state index in [0.717, 1.165) is 5.56 Å². The second-order valence-electron chi connectivity index (χ2n) is 2.12. The third-order valence-corrected chi connectivity index (χ3v) is 1.39. The van der Waals surface area contributed by atoms with Gasteiger partial charge >= 0.3 is 0 Å². The van der Waals surface area contributed by atoms with Crippen LogP contribution < -0.4 is 5.84 Å². The summed E-state index contributed by atoms with van der Waals surface area (Å²) < 4.78 is 0. The predicted molar refractivity (Wildman–Crippen MR) is 47.4 cm³/mol. The molecule has 0 radical (unpaired) electrons. The summed E-state index contributed by atoms with van der Waals surface area (Å²) >= 11 is 0. The van der Waals surface area contributed by atoms with Crippen LogP contribution in [0.5, 0.6) is 0 Å². The molecule has 1 rings (SSSR count). The summed E-state index contributed by atoms with van der Waals surface area (Å²) in [4.78, 5) is 0. The third-order valence-electron chi connectivity index (χ3n) is 1.39. The number of nitrogens with zero attached hydrogens (tertiary/aromatic N) is 2. The van der Waals surface area contributed by atoms with Crippen LogP contribution >= 0.6 is 0 Å².